The second-order valence-electron chi connectivity index (χ2n) is 4.78. The van der Waals surface area contributed by atoms with Gasteiger partial charge in [0.1, 0.15) is 12.4 Å². The summed E-state index contributed by atoms with van der Waals surface area (Å²) in [6.45, 7) is 0.405. The summed E-state index contributed by atoms with van der Waals surface area (Å²) < 4.78 is 31.3. The van der Waals surface area contributed by atoms with E-state index in [1.54, 1.807) is 54.6 Å². The molecule has 0 spiro atoms. The lowest BCUT2D eigenvalue weighted by Crippen LogP contribution is -2.01. The highest BCUT2D eigenvalue weighted by Crippen LogP contribution is 2.25. The number of hydrogen-bond acceptors (Lipinski definition) is 4. The molecule has 0 radical (unpaired) electrons. The minimum Gasteiger partial charge on any atom is -0.488 e. The summed E-state index contributed by atoms with van der Waals surface area (Å²) in [6, 6.07) is 18.5. The molecule has 1 heterocycles. The lowest BCUT2D eigenvalue weighted by Gasteiger charge is -2.07. The molecule has 0 saturated heterocycles. The minimum absolute atomic E-state index is 0.246. The van der Waals surface area contributed by atoms with Crippen LogP contribution < -0.4 is 4.74 Å². The van der Waals surface area contributed by atoms with Gasteiger partial charge in [-0.3, -0.25) is 0 Å². The second-order valence-corrected chi connectivity index (χ2v) is 8.53. The Kier molecular flexibility index (Phi) is 4.71. The first kappa shape index (κ1) is 16.1. The van der Waals surface area contributed by atoms with E-state index in [1.807, 2.05) is 12.1 Å². The highest BCUT2D eigenvalue weighted by atomic mass is 35.5. The monoisotopic (exact) mass is 364 g/mol. The maximum Gasteiger partial charge on any atom is 0.206 e. The van der Waals surface area contributed by atoms with Crippen molar-refractivity contribution in [1.82, 2.24) is 0 Å². The van der Waals surface area contributed by atoms with Gasteiger partial charge >= 0.3 is 0 Å². The quantitative estimate of drug-likeness (QED) is 0.652. The van der Waals surface area contributed by atoms with Crippen LogP contribution in [0.5, 0.6) is 5.75 Å². The maximum absolute atomic E-state index is 12.5. The molecule has 3 rings (SSSR count). The van der Waals surface area contributed by atoms with Crippen molar-refractivity contribution in [2.75, 3.05) is 0 Å². The predicted octanol–water partition coefficient (Wildman–Crippen LogP) is 4.81. The molecule has 1 aromatic heterocycles. The molecule has 0 amide bonds. The molecule has 0 fully saturated rings. The topological polar surface area (TPSA) is 43.4 Å². The zero-order valence-corrected chi connectivity index (χ0v) is 14.4. The molecule has 6 heteroatoms. The maximum atomic E-state index is 12.5. The Morgan fingerprint density at radius 2 is 1.52 bits per heavy atom. The molecule has 0 N–H and O–H groups in total. The highest BCUT2D eigenvalue weighted by Gasteiger charge is 2.16. The summed E-state index contributed by atoms with van der Waals surface area (Å²) >= 11 is 7.32. The van der Waals surface area contributed by atoms with Crippen LogP contribution in [-0.2, 0) is 16.4 Å². The largest absolute Gasteiger partial charge is 0.488 e. The molecule has 2 aromatic carbocycles. The van der Waals surface area contributed by atoms with Crippen LogP contribution in [-0.4, -0.2) is 8.42 Å². The van der Waals surface area contributed by atoms with Gasteiger partial charge in [-0.1, -0.05) is 29.8 Å². The van der Waals surface area contributed by atoms with E-state index in [-0.39, 0.29) is 9.79 Å². The van der Waals surface area contributed by atoms with Crippen LogP contribution in [0.3, 0.4) is 0 Å². The predicted molar refractivity (Wildman–Crippen MR) is 92.0 cm³/mol. The SMILES string of the molecule is O=S(=O)(c1ccccc1)c1ccc(OCc2ccc(Cl)s2)cc1. The molecule has 0 saturated carbocycles. The van der Waals surface area contributed by atoms with Crippen molar-refractivity contribution >= 4 is 32.8 Å². The zero-order valence-electron chi connectivity index (χ0n) is 12.0. The smallest absolute Gasteiger partial charge is 0.206 e. The van der Waals surface area contributed by atoms with Crippen molar-refractivity contribution in [2.24, 2.45) is 0 Å². The van der Waals surface area contributed by atoms with Crippen LogP contribution in [0.4, 0.5) is 0 Å². The molecular formula is C17H13ClO3S2. The van der Waals surface area contributed by atoms with Gasteiger partial charge in [-0.05, 0) is 48.5 Å². The Morgan fingerprint density at radius 3 is 2.13 bits per heavy atom. The lowest BCUT2D eigenvalue weighted by molar-refractivity contribution is 0.309. The molecule has 0 aliphatic heterocycles. The summed E-state index contributed by atoms with van der Waals surface area (Å²) in [4.78, 5) is 1.54. The standard InChI is InChI=1S/C17H13ClO3S2/c18-17-11-8-14(22-17)12-21-13-6-9-16(10-7-13)23(19,20)15-4-2-1-3-5-15/h1-11H,12H2. The van der Waals surface area contributed by atoms with E-state index in [9.17, 15) is 8.42 Å². The summed E-state index contributed by atoms with van der Waals surface area (Å²) in [7, 11) is -3.49. The normalized spacial score (nSPS) is 11.3. The van der Waals surface area contributed by atoms with Gasteiger partial charge in [0.05, 0.1) is 14.1 Å². The summed E-state index contributed by atoms with van der Waals surface area (Å²) in [5, 5.41) is 0. The number of thiophene rings is 1. The van der Waals surface area contributed by atoms with Gasteiger partial charge in [-0.2, -0.15) is 0 Å². The molecular weight excluding hydrogens is 352 g/mol. The Hall–Kier alpha value is -1.82. The fourth-order valence-corrected chi connectivity index (χ4v) is 4.32. The van der Waals surface area contributed by atoms with Crippen molar-refractivity contribution in [3.8, 4) is 5.75 Å². The van der Waals surface area contributed by atoms with E-state index < -0.39 is 9.84 Å². The first-order valence-corrected chi connectivity index (χ1v) is 9.51. The third-order valence-corrected chi connectivity index (χ3v) is 6.19. The van der Waals surface area contributed by atoms with Crippen molar-refractivity contribution in [3.63, 3.8) is 0 Å². The van der Waals surface area contributed by atoms with Crippen molar-refractivity contribution in [1.29, 1.82) is 0 Å². The number of halogens is 1. The first-order valence-electron chi connectivity index (χ1n) is 6.83. The van der Waals surface area contributed by atoms with Gasteiger partial charge in [0.2, 0.25) is 9.84 Å². The van der Waals surface area contributed by atoms with E-state index in [2.05, 4.69) is 0 Å². The van der Waals surface area contributed by atoms with Crippen molar-refractivity contribution < 1.29 is 13.2 Å². The average molecular weight is 365 g/mol. The van der Waals surface area contributed by atoms with Crippen LogP contribution in [0, 0.1) is 0 Å². The van der Waals surface area contributed by atoms with E-state index in [1.165, 1.54) is 11.3 Å². The Morgan fingerprint density at radius 1 is 0.870 bits per heavy atom. The fourth-order valence-electron chi connectivity index (χ4n) is 2.03. The van der Waals surface area contributed by atoms with Crippen LogP contribution in [0.1, 0.15) is 4.88 Å². The second kappa shape index (κ2) is 6.74. The van der Waals surface area contributed by atoms with Crippen LogP contribution in [0.2, 0.25) is 4.34 Å². The summed E-state index contributed by atoms with van der Waals surface area (Å²) in [6.07, 6.45) is 0. The van der Waals surface area contributed by atoms with Crippen molar-refractivity contribution in [3.05, 3.63) is 75.9 Å². The molecule has 0 aliphatic carbocycles. The Balaban J connectivity index is 1.74. The van der Waals surface area contributed by atoms with E-state index >= 15 is 0 Å². The van der Waals surface area contributed by atoms with Gasteiger partial charge in [0, 0.05) is 4.88 Å². The average Bonchev–Trinajstić information content (AvgIpc) is 3.00. The first-order chi connectivity index (χ1) is 11.1. The van der Waals surface area contributed by atoms with Crippen LogP contribution in [0.15, 0.2) is 76.5 Å². The zero-order chi connectivity index (χ0) is 16.3. The van der Waals surface area contributed by atoms with Gasteiger partial charge in [0.25, 0.3) is 0 Å². The van der Waals surface area contributed by atoms with Gasteiger partial charge < -0.3 is 4.74 Å². The number of rotatable bonds is 5. The number of benzene rings is 2. The molecule has 118 valence electrons. The molecule has 0 atom stereocenters. The lowest BCUT2D eigenvalue weighted by atomic mass is 10.3. The van der Waals surface area contributed by atoms with E-state index in [0.717, 1.165) is 4.88 Å². The highest BCUT2D eigenvalue weighted by molar-refractivity contribution is 7.91. The summed E-state index contributed by atoms with van der Waals surface area (Å²) in [5.41, 5.74) is 0. The fraction of sp³-hybridized carbons (Fsp3) is 0.0588. The number of ether oxygens (including phenoxy) is 1. The summed E-state index contributed by atoms with van der Waals surface area (Å²) in [5.74, 6) is 0.613. The van der Waals surface area contributed by atoms with Crippen LogP contribution >= 0.6 is 22.9 Å². The molecule has 3 aromatic rings. The van der Waals surface area contributed by atoms with E-state index in [4.69, 9.17) is 16.3 Å². The molecule has 0 bridgehead atoms. The van der Waals surface area contributed by atoms with E-state index in [0.29, 0.717) is 16.7 Å². The third-order valence-electron chi connectivity index (χ3n) is 3.20. The van der Waals surface area contributed by atoms with Crippen LogP contribution in [0.25, 0.3) is 0 Å². The number of sulfone groups is 1. The number of hydrogen-bond donors (Lipinski definition) is 0. The third kappa shape index (κ3) is 3.75. The minimum atomic E-state index is -3.49. The van der Waals surface area contributed by atoms with Crippen molar-refractivity contribution in [2.45, 2.75) is 16.4 Å². The Bertz CT molecular complexity index is 885. The van der Waals surface area contributed by atoms with Gasteiger partial charge in [0.15, 0.2) is 0 Å². The van der Waals surface area contributed by atoms with Gasteiger partial charge in [-0.25, -0.2) is 8.42 Å². The molecule has 0 unspecified atom stereocenters. The van der Waals surface area contributed by atoms with Gasteiger partial charge in [-0.15, -0.1) is 11.3 Å². The molecule has 23 heavy (non-hydrogen) atoms. The molecule has 0 aliphatic rings. The molecule has 3 nitrogen and oxygen atoms in total. The Labute approximate surface area is 144 Å².